The number of nitro benzene ring substituents is 2. The van der Waals surface area contributed by atoms with Crippen LogP contribution in [0.5, 0.6) is 0 Å². The fraction of sp³-hybridized carbons (Fsp3) is 0.391. The maximum atomic E-state index is 12.7. The Kier molecular flexibility index (Phi) is 7.22. The van der Waals surface area contributed by atoms with Crippen LogP contribution < -0.4 is 21.3 Å². The number of urea groups is 2. The molecule has 0 radical (unpaired) electrons. The first-order valence-corrected chi connectivity index (χ1v) is 11.0. The van der Waals surface area contributed by atoms with Crippen molar-refractivity contribution in [3.05, 3.63) is 68.8 Å². The van der Waals surface area contributed by atoms with Crippen molar-refractivity contribution in [1.82, 2.24) is 10.6 Å². The van der Waals surface area contributed by atoms with Crippen molar-refractivity contribution in [2.24, 2.45) is 5.41 Å². The third-order valence-corrected chi connectivity index (χ3v) is 5.79. The van der Waals surface area contributed by atoms with Crippen molar-refractivity contribution < 1.29 is 19.4 Å². The zero-order valence-corrected chi connectivity index (χ0v) is 19.7. The molecular formula is C23H28N6O6. The standard InChI is InChI=1S/C23H28N6O6/c1-22(2)12-17(26-20(30)24-15-4-8-18(9-5-15)28(32)33)13-23(3,14-22)27-21(31)25-16-6-10-19(11-7-16)29(34)35/h4-11,17H,12-14H2,1-3H3,(H2,24,26,30)(H2,25,27,31)/t17-,23+/m0/s1. The Hall–Kier alpha value is -4.22. The van der Waals surface area contributed by atoms with Gasteiger partial charge in [0.15, 0.2) is 0 Å². The van der Waals surface area contributed by atoms with Crippen molar-refractivity contribution in [1.29, 1.82) is 0 Å². The Bertz CT molecular complexity index is 1120. The lowest BCUT2D eigenvalue weighted by Crippen LogP contribution is -2.58. The molecule has 2 aromatic rings. The normalized spacial score (nSPS) is 20.8. The molecule has 0 aromatic heterocycles. The number of carbonyl (C=O) groups excluding carboxylic acids is 2. The van der Waals surface area contributed by atoms with Gasteiger partial charge in [0.05, 0.1) is 9.85 Å². The number of carbonyl (C=O) groups is 2. The van der Waals surface area contributed by atoms with E-state index in [1.54, 1.807) is 0 Å². The number of benzene rings is 2. The number of non-ortho nitro benzene ring substituents is 2. The van der Waals surface area contributed by atoms with Crippen LogP contribution in [0, 0.1) is 25.6 Å². The molecule has 186 valence electrons. The van der Waals surface area contributed by atoms with E-state index in [1.165, 1.54) is 48.5 Å². The molecule has 1 aliphatic rings. The van der Waals surface area contributed by atoms with E-state index in [-0.39, 0.29) is 22.8 Å². The first-order valence-electron chi connectivity index (χ1n) is 11.0. The van der Waals surface area contributed by atoms with Gasteiger partial charge in [0, 0.05) is 47.2 Å². The fourth-order valence-electron chi connectivity index (χ4n) is 4.80. The monoisotopic (exact) mass is 484 g/mol. The minimum absolute atomic E-state index is 0.0705. The Morgan fingerprint density at radius 1 is 0.800 bits per heavy atom. The van der Waals surface area contributed by atoms with Gasteiger partial charge in [0.25, 0.3) is 11.4 Å². The molecule has 0 saturated heterocycles. The molecule has 35 heavy (non-hydrogen) atoms. The summed E-state index contributed by atoms with van der Waals surface area (Å²) >= 11 is 0. The molecule has 0 spiro atoms. The second-order valence-electron chi connectivity index (χ2n) is 9.79. The second kappa shape index (κ2) is 9.95. The average molecular weight is 485 g/mol. The van der Waals surface area contributed by atoms with Gasteiger partial charge in [0.2, 0.25) is 0 Å². The van der Waals surface area contributed by atoms with Gasteiger partial charge in [-0.05, 0) is 55.9 Å². The SMILES string of the molecule is CC1(C)C[C@H](NC(=O)Nc2ccc([N+](=O)[O-])cc2)C[C@@](C)(NC(=O)Nc2ccc([N+](=O)[O-])cc2)C1. The summed E-state index contributed by atoms with van der Waals surface area (Å²) in [7, 11) is 0. The Morgan fingerprint density at radius 3 is 1.71 bits per heavy atom. The highest BCUT2D eigenvalue weighted by molar-refractivity contribution is 5.90. The van der Waals surface area contributed by atoms with Crippen molar-refractivity contribution in [3.8, 4) is 0 Å². The van der Waals surface area contributed by atoms with E-state index in [0.717, 1.165) is 0 Å². The largest absolute Gasteiger partial charge is 0.335 e. The number of anilines is 2. The summed E-state index contributed by atoms with van der Waals surface area (Å²) in [6, 6.07) is 9.93. The van der Waals surface area contributed by atoms with Gasteiger partial charge >= 0.3 is 12.1 Å². The van der Waals surface area contributed by atoms with Gasteiger partial charge < -0.3 is 21.3 Å². The number of amides is 4. The highest BCUT2D eigenvalue weighted by Crippen LogP contribution is 2.41. The molecule has 2 aromatic carbocycles. The summed E-state index contributed by atoms with van der Waals surface area (Å²) in [4.78, 5) is 45.8. The van der Waals surface area contributed by atoms with Crippen LogP contribution in [-0.2, 0) is 0 Å². The molecule has 2 atom stereocenters. The lowest BCUT2D eigenvalue weighted by molar-refractivity contribution is -0.385. The van der Waals surface area contributed by atoms with Crippen LogP contribution in [0.4, 0.5) is 32.3 Å². The lowest BCUT2D eigenvalue weighted by atomic mass is 9.67. The van der Waals surface area contributed by atoms with Crippen LogP contribution >= 0.6 is 0 Å². The van der Waals surface area contributed by atoms with E-state index in [4.69, 9.17) is 0 Å². The number of nitro groups is 2. The number of hydrogen-bond acceptors (Lipinski definition) is 6. The van der Waals surface area contributed by atoms with E-state index in [0.29, 0.717) is 30.6 Å². The Labute approximate surface area is 201 Å². The average Bonchev–Trinajstić information content (AvgIpc) is 2.72. The lowest BCUT2D eigenvalue weighted by Gasteiger charge is -2.47. The van der Waals surface area contributed by atoms with Crippen molar-refractivity contribution >= 4 is 34.8 Å². The summed E-state index contributed by atoms with van der Waals surface area (Å²) in [6.07, 6.45) is 1.86. The van der Waals surface area contributed by atoms with Crippen LogP contribution in [0.15, 0.2) is 48.5 Å². The second-order valence-corrected chi connectivity index (χ2v) is 9.79. The molecule has 4 amide bonds. The molecule has 3 rings (SSSR count). The predicted octanol–water partition coefficient (Wildman–Crippen LogP) is 4.78. The van der Waals surface area contributed by atoms with Gasteiger partial charge in [-0.15, -0.1) is 0 Å². The predicted molar refractivity (Wildman–Crippen MR) is 130 cm³/mol. The summed E-state index contributed by atoms with van der Waals surface area (Å²) in [6.45, 7) is 6.03. The van der Waals surface area contributed by atoms with Crippen LogP contribution in [0.1, 0.15) is 40.0 Å². The quantitative estimate of drug-likeness (QED) is 0.340. The van der Waals surface area contributed by atoms with Gasteiger partial charge in [-0.25, -0.2) is 9.59 Å². The number of nitrogens with one attached hydrogen (secondary N) is 4. The summed E-state index contributed by atoms with van der Waals surface area (Å²) < 4.78 is 0. The smallest absolute Gasteiger partial charge is 0.319 e. The van der Waals surface area contributed by atoms with Gasteiger partial charge in [-0.2, -0.15) is 0 Å². The third kappa shape index (κ3) is 7.13. The van der Waals surface area contributed by atoms with Crippen molar-refractivity contribution in [3.63, 3.8) is 0 Å². The highest BCUT2D eigenvalue weighted by Gasteiger charge is 2.42. The van der Waals surface area contributed by atoms with Gasteiger partial charge in [0.1, 0.15) is 0 Å². The van der Waals surface area contributed by atoms with Crippen LogP contribution in [0.3, 0.4) is 0 Å². The topological polar surface area (TPSA) is 169 Å². The molecule has 12 nitrogen and oxygen atoms in total. The molecule has 12 heteroatoms. The zero-order chi connectivity index (χ0) is 25.8. The first-order chi connectivity index (χ1) is 16.3. The summed E-state index contributed by atoms with van der Waals surface area (Å²) in [5, 5.41) is 32.9. The molecule has 1 saturated carbocycles. The van der Waals surface area contributed by atoms with E-state index in [2.05, 4.69) is 35.1 Å². The third-order valence-electron chi connectivity index (χ3n) is 5.79. The highest BCUT2D eigenvalue weighted by atomic mass is 16.6. The summed E-state index contributed by atoms with van der Waals surface area (Å²) in [5.74, 6) is 0. The summed E-state index contributed by atoms with van der Waals surface area (Å²) in [5.41, 5.74) is -0.108. The molecule has 0 aliphatic heterocycles. The van der Waals surface area contributed by atoms with E-state index in [9.17, 15) is 29.8 Å². The van der Waals surface area contributed by atoms with Crippen LogP contribution in [0.25, 0.3) is 0 Å². The molecule has 1 fully saturated rings. The van der Waals surface area contributed by atoms with E-state index < -0.39 is 27.4 Å². The molecule has 0 unspecified atom stereocenters. The zero-order valence-electron chi connectivity index (χ0n) is 19.7. The number of rotatable bonds is 6. The van der Waals surface area contributed by atoms with Crippen molar-refractivity contribution in [2.75, 3.05) is 10.6 Å². The van der Waals surface area contributed by atoms with E-state index in [1.807, 2.05) is 6.92 Å². The van der Waals surface area contributed by atoms with Crippen LogP contribution in [-0.4, -0.2) is 33.5 Å². The fourth-order valence-corrected chi connectivity index (χ4v) is 4.80. The van der Waals surface area contributed by atoms with Crippen LogP contribution in [0.2, 0.25) is 0 Å². The minimum atomic E-state index is -0.627. The minimum Gasteiger partial charge on any atom is -0.335 e. The Morgan fingerprint density at radius 2 is 1.26 bits per heavy atom. The molecule has 1 aliphatic carbocycles. The number of hydrogen-bond donors (Lipinski definition) is 4. The van der Waals surface area contributed by atoms with E-state index >= 15 is 0 Å². The van der Waals surface area contributed by atoms with Gasteiger partial charge in [-0.3, -0.25) is 20.2 Å². The number of nitrogens with zero attached hydrogens (tertiary/aromatic N) is 2. The van der Waals surface area contributed by atoms with Gasteiger partial charge in [-0.1, -0.05) is 13.8 Å². The maximum Gasteiger partial charge on any atom is 0.319 e. The maximum absolute atomic E-state index is 12.7. The molecule has 4 N–H and O–H groups in total. The molecule has 0 bridgehead atoms. The molecule has 0 heterocycles. The Balaban J connectivity index is 1.60. The first kappa shape index (κ1) is 25.4. The van der Waals surface area contributed by atoms with Crippen molar-refractivity contribution in [2.45, 2.75) is 51.6 Å². The molecular weight excluding hydrogens is 456 g/mol.